The van der Waals surface area contributed by atoms with E-state index in [9.17, 15) is 0 Å². The first kappa shape index (κ1) is 13.4. The van der Waals surface area contributed by atoms with Gasteiger partial charge in [0.25, 0.3) is 0 Å². The molecule has 2 aliphatic rings. The molecule has 2 N–H and O–H groups in total. The number of hydrogen-bond acceptors (Lipinski definition) is 6. The molecule has 20 heavy (non-hydrogen) atoms. The molecule has 2 saturated heterocycles. The van der Waals surface area contributed by atoms with E-state index in [1.54, 1.807) is 7.11 Å². The third-order valence-electron chi connectivity index (χ3n) is 4.48. The summed E-state index contributed by atoms with van der Waals surface area (Å²) in [5.41, 5.74) is 6.70. The highest BCUT2D eigenvalue weighted by Crippen LogP contribution is 2.33. The van der Waals surface area contributed by atoms with Gasteiger partial charge in [-0.1, -0.05) is 6.42 Å². The quantitative estimate of drug-likeness (QED) is 0.874. The second-order valence-electron chi connectivity index (χ2n) is 5.77. The summed E-state index contributed by atoms with van der Waals surface area (Å²) in [6.07, 6.45) is 5.45. The van der Waals surface area contributed by atoms with Crippen molar-refractivity contribution in [3.63, 3.8) is 0 Å². The van der Waals surface area contributed by atoms with Crippen molar-refractivity contribution in [3.05, 3.63) is 6.33 Å². The molecule has 0 radical (unpaired) electrons. The Balaban J connectivity index is 1.86. The third kappa shape index (κ3) is 2.28. The smallest absolute Gasteiger partial charge is 0.242 e. The molecular formula is C14H23N5O. The molecule has 6 heteroatoms. The normalized spacial score (nSPS) is 27.2. The average Bonchev–Trinajstić information content (AvgIpc) is 2.47. The number of nitrogens with zero attached hydrogens (tertiary/aromatic N) is 4. The summed E-state index contributed by atoms with van der Waals surface area (Å²) in [6.45, 7) is 5.53. The number of aromatic nitrogens is 2. The van der Waals surface area contributed by atoms with E-state index in [1.165, 1.54) is 32.1 Å². The van der Waals surface area contributed by atoms with Gasteiger partial charge >= 0.3 is 0 Å². The molecule has 0 saturated carbocycles. The van der Waals surface area contributed by atoms with Crippen molar-refractivity contribution in [2.75, 3.05) is 37.4 Å². The van der Waals surface area contributed by atoms with Crippen molar-refractivity contribution >= 4 is 11.5 Å². The van der Waals surface area contributed by atoms with E-state index < -0.39 is 0 Å². The van der Waals surface area contributed by atoms with Crippen LogP contribution in [0.4, 0.5) is 11.5 Å². The first-order chi connectivity index (χ1) is 9.70. The van der Waals surface area contributed by atoms with Gasteiger partial charge in [-0.3, -0.25) is 4.90 Å². The standard InChI is InChI=1S/C14H23N5O/c1-10-7-18-6-4-3-5-11(18)8-19(10)13-12(15)14(20-2)17-9-16-13/h9-11H,3-8,15H2,1-2H3. The van der Waals surface area contributed by atoms with Gasteiger partial charge in [0.15, 0.2) is 5.82 Å². The highest BCUT2D eigenvalue weighted by atomic mass is 16.5. The Morgan fingerprint density at radius 2 is 2.15 bits per heavy atom. The van der Waals surface area contributed by atoms with Crippen molar-refractivity contribution in [2.24, 2.45) is 0 Å². The van der Waals surface area contributed by atoms with E-state index >= 15 is 0 Å². The van der Waals surface area contributed by atoms with Crippen LogP contribution in [-0.4, -0.2) is 53.7 Å². The minimum absolute atomic E-state index is 0.409. The Hall–Kier alpha value is -1.56. The summed E-state index contributed by atoms with van der Waals surface area (Å²) in [4.78, 5) is 13.4. The third-order valence-corrected chi connectivity index (χ3v) is 4.48. The fourth-order valence-electron chi connectivity index (χ4n) is 3.41. The Morgan fingerprint density at radius 1 is 1.30 bits per heavy atom. The maximum atomic E-state index is 6.15. The minimum Gasteiger partial charge on any atom is -0.479 e. The molecule has 2 fully saturated rings. The summed E-state index contributed by atoms with van der Waals surface area (Å²) < 4.78 is 5.21. The van der Waals surface area contributed by atoms with Crippen molar-refractivity contribution in [3.8, 4) is 5.88 Å². The van der Waals surface area contributed by atoms with Gasteiger partial charge in [0.05, 0.1) is 7.11 Å². The van der Waals surface area contributed by atoms with Crippen LogP contribution in [0.2, 0.25) is 0 Å². The molecule has 2 unspecified atom stereocenters. The van der Waals surface area contributed by atoms with E-state index in [-0.39, 0.29) is 0 Å². The van der Waals surface area contributed by atoms with Gasteiger partial charge < -0.3 is 15.4 Å². The molecular weight excluding hydrogens is 254 g/mol. The molecule has 3 heterocycles. The minimum atomic E-state index is 0.409. The van der Waals surface area contributed by atoms with Crippen LogP contribution in [0.1, 0.15) is 26.2 Å². The van der Waals surface area contributed by atoms with Gasteiger partial charge in [-0.05, 0) is 26.3 Å². The number of piperidine rings is 1. The van der Waals surface area contributed by atoms with E-state index in [1.807, 2.05) is 0 Å². The molecule has 3 rings (SSSR count). The van der Waals surface area contributed by atoms with Gasteiger partial charge in [0.1, 0.15) is 12.0 Å². The van der Waals surface area contributed by atoms with E-state index in [0.29, 0.717) is 23.7 Å². The molecule has 0 aromatic carbocycles. The lowest BCUT2D eigenvalue weighted by molar-refractivity contribution is 0.115. The van der Waals surface area contributed by atoms with Gasteiger partial charge in [0, 0.05) is 25.2 Å². The summed E-state index contributed by atoms with van der Waals surface area (Å²) in [7, 11) is 1.59. The lowest BCUT2D eigenvalue weighted by Crippen LogP contribution is -2.59. The zero-order chi connectivity index (χ0) is 14.1. The predicted octanol–water partition coefficient (Wildman–Crippen LogP) is 1.13. The number of piperazine rings is 1. The Kier molecular flexibility index (Phi) is 3.65. The van der Waals surface area contributed by atoms with Crippen molar-refractivity contribution in [2.45, 2.75) is 38.3 Å². The Bertz CT molecular complexity index is 481. The van der Waals surface area contributed by atoms with Crippen LogP contribution in [0.25, 0.3) is 0 Å². The monoisotopic (exact) mass is 277 g/mol. The zero-order valence-electron chi connectivity index (χ0n) is 12.2. The average molecular weight is 277 g/mol. The summed E-state index contributed by atoms with van der Waals surface area (Å²) >= 11 is 0. The number of nitrogens with two attached hydrogens (primary N) is 1. The number of rotatable bonds is 2. The summed E-state index contributed by atoms with van der Waals surface area (Å²) in [5.74, 6) is 1.28. The fraction of sp³-hybridized carbons (Fsp3) is 0.714. The van der Waals surface area contributed by atoms with Crippen molar-refractivity contribution in [1.82, 2.24) is 14.9 Å². The van der Waals surface area contributed by atoms with Crippen LogP contribution in [0.3, 0.4) is 0 Å². The second kappa shape index (κ2) is 5.44. The topological polar surface area (TPSA) is 67.5 Å². The highest BCUT2D eigenvalue weighted by molar-refractivity contribution is 5.68. The molecule has 2 atom stereocenters. The van der Waals surface area contributed by atoms with Gasteiger partial charge in [-0.2, -0.15) is 4.98 Å². The fourth-order valence-corrected chi connectivity index (χ4v) is 3.41. The van der Waals surface area contributed by atoms with Crippen molar-refractivity contribution < 1.29 is 4.74 Å². The molecule has 2 aliphatic heterocycles. The SMILES string of the molecule is COc1ncnc(N2CC3CCCCN3CC2C)c1N. The van der Waals surface area contributed by atoms with Crippen LogP contribution in [0, 0.1) is 0 Å². The van der Waals surface area contributed by atoms with Gasteiger partial charge in [0.2, 0.25) is 5.88 Å². The Labute approximate surface area is 119 Å². The van der Waals surface area contributed by atoms with Gasteiger partial charge in [-0.25, -0.2) is 4.98 Å². The summed E-state index contributed by atoms with van der Waals surface area (Å²) in [5, 5.41) is 0. The zero-order valence-corrected chi connectivity index (χ0v) is 12.2. The van der Waals surface area contributed by atoms with E-state index in [0.717, 1.165) is 18.9 Å². The second-order valence-corrected chi connectivity index (χ2v) is 5.77. The first-order valence-electron chi connectivity index (χ1n) is 7.36. The molecule has 0 amide bonds. The van der Waals surface area contributed by atoms with Crippen LogP contribution in [-0.2, 0) is 0 Å². The molecule has 110 valence electrons. The van der Waals surface area contributed by atoms with Crippen LogP contribution in [0.5, 0.6) is 5.88 Å². The van der Waals surface area contributed by atoms with Crippen LogP contribution in [0.15, 0.2) is 6.33 Å². The first-order valence-corrected chi connectivity index (χ1v) is 7.36. The molecule has 1 aromatic heterocycles. The predicted molar refractivity (Wildman–Crippen MR) is 79.0 cm³/mol. The lowest BCUT2D eigenvalue weighted by atomic mass is 9.97. The largest absolute Gasteiger partial charge is 0.479 e. The van der Waals surface area contributed by atoms with E-state index in [2.05, 4.69) is 26.7 Å². The number of nitrogen functional groups attached to an aromatic ring is 1. The maximum absolute atomic E-state index is 6.15. The molecule has 0 aliphatic carbocycles. The highest BCUT2D eigenvalue weighted by Gasteiger charge is 2.34. The number of ether oxygens (including phenoxy) is 1. The number of hydrogen-bond donors (Lipinski definition) is 1. The number of methoxy groups -OCH3 is 1. The Morgan fingerprint density at radius 3 is 2.95 bits per heavy atom. The van der Waals surface area contributed by atoms with E-state index in [4.69, 9.17) is 10.5 Å². The van der Waals surface area contributed by atoms with Crippen molar-refractivity contribution in [1.29, 1.82) is 0 Å². The number of fused-ring (bicyclic) bond motifs is 1. The molecule has 1 aromatic rings. The molecule has 6 nitrogen and oxygen atoms in total. The summed E-state index contributed by atoms with van der Waals surface area (Å²) in [6, 6.07) is 1.03. The molecule has 0 spiro atoms. The van der Waals surface area contributed by atoms with Crippen LogP contribution < -0.4 is 15.4 Å². The van der Waals surface area contributed by atoms with Gasteiger partial charge in [-0.15, -0.1) is 0 Å². The molecule has 0 bridgehead atoms. The maximum Gasteiger partial charge on any atom is 0.242 e. The lowest BCUT2D eigenvalue weighted by Gasteiger charge is -2.48. The van der Waals surface area contributed by atoms with Crippen LogP contribution >= 0.6 is 0 Å². The number of anilines is 2.